The number of rotatable bonds is 7. The highest BCUT2D eigenvalue weighted by molar-refractivity contribution is 5.77. The number of carbonyl (C=O) groups excluding carboxylic acids is 1. The molecule has 1 amide bonds. The van der Waals surface area contributed by atoms with Crippen molar-refractivity contribution in [2.24, 2.45) is 0 Å². The van der Waals surface area contributed by atoms with Crippen LogP contribution in [-0.4, -0.2) is 17.0 Å². The predicted octanol–water partition coefficient (Wildman–Crippen LogP) is 2.74. The lowest BCUT2D eigenvalue weighted by Gasteiger charge is -2.17. The van der Waals surface area contributed by atoms with Gasteiger partial charge in [-0.05, 0) is 24.1 Å². The van der Waals surface area contributed by atoms with E-state index in [9.17, 15) is 9.59 Å². The average Bonchev–Trinajstić information content (AvgIpc) is 2.99. The van der Waals surface area contributed by atoms with E-state index < -0.39 is 5.97 Å². The first-order valence-electron chi connectivity index (χ1n) is 6.76. The topological polar surface area (TPSA) is 79.5 Å². The maximum absolute atomic E-state index is 12.0. The quantitative estimate of drug-likeness (QED) is 0.820. The van der Waals surface area contributed by atoms with Gasteiger partial charge >= 0.3 is 5.97 Å². The van der Waals surface area contributed by atoms with E-state index in [0.29, 0.717) is 12.2 Å². The highest BCUT2D eigenvalue weighted by Crippen LogP contribution is 2.22. The van der Waals surface area contributed by atoms with E-state index in [4.69, 9.17) is 9.52 Å². The third kappa shape index (κ3) is 4.49. The number of hydrogen-bond donors (Lipinski definition) is 2. The lowest BCUT2D eigenvalue weighted by Crippen LogP contribution is -2.28. The zero-order valence-corrected chi connectivity index (χ0v) is 11.5. The van der Waals surface area contributed by atoms with Gasteiger partial charge in [-0.1, -0.05) is 30.3 Å². The lowest BCUT2D eigenvalue weighted by molar-refractivity contribution is -0.137. The molecule has 1 unspecified atom stereocenters. The Labute approximate surface area is 122 Å². The van der Waals surface area contributed by atoms with Gasteiger partial charge in [-0.15, -0.1) is 0 Å². The van der Waals surface area contributed by atoms with Crippen LogP contribution in [0.5, 0.6) is 0 Å². The second kappa shape index (κ2) is 7.28. The maximum atomic E-state index is 12.0. The molecule has 0 fully saturated rings. The number of benzene rings is 1. The summed E-state index contributed by atoms with van der Waals surface area (Å²) in [4.78, 5) is 22.4. The second-order valence-electron chi connectivity index (χ2n) is 4.67. The molecule has 2 N–H and O–H groups in total. The lowest BCUT2D eigenvalue weighted by atomic mass is 10.0. The molecule has 1 atom stereocenters. The summed E-state index contributed by atoms with van der Waals surface area (Å²) in [6, 6.07) is 12.7. The summed E-state index contributed by atoms with van der Waals surface area (Å²) in [6.45, 7) is 0. The van der Waals surface area contributed by atoms with E-state index >= 15 is 0 Å². The largest absolute Gasteiger partial charge is 0.481 e. The first-order chi connectivity index (χ1) is 10.2. The van der Waals surface area contributed by atoms with Crippen molar-refractivity contribution in [1.82, 2.24) is 5.32 Å². The van der Waals surface area contributed by atoms with Crippen LogP contribution in [0, 0.1) is 0 Å². The molecule has 0 saturated carbocycles. The summed E-state index contributed by atoms with van der Waals surface area (Å²) >= 11 is 0. The molecule has 0 aliphatic rings. The van der Waals surface area contributed by atoms with Crippen LogP contribution >= 0.6 is 0 Å². The number of carboxylic acids is 1. The van der Waals surface area contributed by atoms with Crippen molar-refractivity contribution in [1.29, 1.82) is 0 Å². The molecule has 5 heteroatoms. The van der Waals surface area contributed by atoms with Gasteiger partial charge in [-0.25, -0.2) is 0 Å². The number of aliphatic carboxylic acids is 1. The first kappa shape index (κ1) is 14.8. The van der Waals surface area contributed by atoms with E-state index in [1.807, 2.05) is 30.3 Å². The van der Waals surface area contributed by atoms with Crippen molar-refractivity contribution in [3.05, 3.63) is 60.1 Å². The molecule has 1 aromatic carbocycles. The third-order valence-electron chi connectivity index (χ3n) is 3.06. The smallest absolute Gasteiger partial charge is 0.303 e. The zero-order chi connectivity index (χ0) is 15.1. The van der Waals surface area contributed by atoms with Crippen molar-refractivity contribution in [3.63, 3.8) is 0 Å². The fourth-order valence-electron chi connectivity index (χ4n) is 2.05. The zero-order valence-electron chi connectivity index (χ0n) is 11.5. The van der Waals surface area contributed by atoms with Crippen molar-refractivity contribution in [2.45, 2.75) is 25.3 Å². The number of hydrogen-bond acceptors (Lipinski definition) is 3. The average molecular weight is 287 g/mol. The van der Waals surface area contributed by atoms with E-state index in [1.165, 1.54) is 0 Å². The molecule has 2 aromatic rings. The molecular weight excluding hydrogens is 270 g/mol. The number of furan rings is 1. The molecule has 0 aliphatic heterocycles. The highest BCUT2D eigenvalue weighted by Gasteiger charge is 2.19. The van der Waals surface area contributed by atoms with Gasteiger partial charge in [0.2, 0.25) is 5.91 Å². The van der Waals surface area contributed by atoms with E-state index in [1.54, 1.807) is 18.4 Å². The summed E-state index contributed by atoms with van der Waals surface area (Å²) in [5.41, 5.74) is 0.916. The fraction of sp³-hybridized carbons (Fsp3) is 0.250. The Morgan fingerprint density at radius 2 is 1.86 bits per heavy atom. The molecular formula is C16H17NO4. The number of nitrogens with one attached hydrogen (secondary N) is 1. The van der Waals surface area contributed by atoms with Gasteiger partial charge in [0.1, 0.15) is 11.8 Å². The Morgan fingerprint density at radius 3 is 2.48 bits per heavy atom. The molecule has 2 rings (SSSR count). The Morgan fingerprint density at radius 1 is 1.10 bits per heavy atom. The minimum atomic E-state index is -0.895. The van der Waals surface area contributed by atoms with Gasteiger partial charge in [0.05, 0.1) is 6.26 Å². The summed E-state index contributed by atoms with van der Waals surface area (Å²) in [6.07, 6.45) is 2.04. The molecule has 5 nitrogen and oxygen atoms in total. The summed E-state index contributed by atoms with van der Waals surface area (Å²) < 4.78 is 5.38. The Balaban J connectivity index is 2.04. The minimum absolute atomic E-state index is 0.00975. The van der Waals surface area contributed by atoms with Crippen LogP contribution in [0.2, 0.25) is 0 Å². The summed E-state index contributed by atoms with van der Waals surface area (Å²) in [5.74, 6) is -0.442. The number of carboxylic acid groups (broad SMARTS) is 1. The van der Waals surface area contributed by atoms with Crippen molar-refractivity contribution < 1.29 is 19.1 Å². The fourth-order valence-corrected chi connectivity index (χ4v) is 2.05. The van der Waals surface area contributed by atoms with E-state index in [2.05, 4.69) is 5.32 Å². The van der Waals surface area contributed by atoms with Gasteiger partial charge in [0.15, 0.2) is 0 Å². The third-order valence-corrected chi connectivity index (χ3v) is 3.06. The van der Waals surface area contributed by atoms with Gasteiger partial charge < -0.3 is 14.8 Å². The van der Waals surface area contributed by atoms with Crippen molar-refractivity contribution in [3.8, 4) is 0 Å². The van der Waals surface area contributed by atoms with Gasteiger partial charge in [0, 0.05) is 12.8 Å². The molecule has 1 heterocycles. The van der Waals surface area contributed by atoms with Crippen molar-refractivity contribution in [2.75, 3.05) is 0 Å². The van der Waals surface area contributed by atoms with Crippen LogP contribution in [0.15, 0.2) is 53.1 Å². The normalized spacial score (nSPS) is 11.8. The Kier molecular flexibility index (Phi) is 5.15. The molecule has 1 aromatic heterocycles. The number of carbonyl (C=O) groups is 2. The highest BCUT2D eigenvalue weighted by atomic mass is 16.4. The molecule has 0 saturated heterocycles. The molecule has 0 spiro atoms. The van der Waals surface area contributed by atoms with Crippen LogP contribution in [-0.2, 0) is 9.59 Å². The Hall–Kier alpha value is -2.56. The Bertz CT molecular complexity index is 578. The van der Waals surface area contributed by atoms with Crippen LogP contribution in [0.4, 0.5) is 0 Å². The van der Waals surface area contributed by atoms with Crippen molar-refractivity contribution >= 4 is 11.9 Å². The summed E-state index contributed by atoms with van der Waals surface area (Å²) in [7, 11) is 0. The SMILES string of the molecule is O=C(O)CCCC(=O)NC(c1ccccc1)c1ccco1. The standard InChI is InChI=1S/C16H17NO4/c18-14(9-4-10-15(19)20)17-16(13-8-5-11-21-13)12-6-2-1-3-7-12/h1-3,5-8,11,16H,4,9-10H2,(H,17,18)(H,19,20). The predicted molar refractivity (Wildman–Crippen MR) is 76.6 cm³/mol. The molecule has 110 valence electrons. The van der Waals surface area contributed by atoms with Crippen LogP contribution in [0.1, 0.15) is 36.6 Å². The number of amides is 1. The second-order valence-corrected chi connectivity index (χ2v) is 4.67. The monoisotopic (exact) mass is 287 g/mol. The van der Waals surface area contributed by atoms with Crippen LogP contribution in [0.3, 0.4) is 0 Å². The van der Waals surface area contributed by atoms with Gasteiger partial charge in [0.25, 0.3) is 0 Å². The van der Waals surface area contributed by atoms with Gasteiger partial charge in [-0.2, -0.15) is 0 Å². The summed E-state index contributed by atoms with van der Waals surface area (Å²) in [5, 5.41) is 11.5. The van der Waals surface area contributed by atoms with E-state index in [0.717, 1.165) is 5.56 Å². The molecule has 0 radical (unpaired) electrons. The van der Waals surface area contributed by atoms with Crippen LogP contribution < -0.4 is 5.32 Å². The molecule has 0 aliphatic carbocycles. The van der Waals surface area contributed by atoms with Crippen LogP contribution in [0.25, 0.3) is 0 Å². The van der Waals surface area contributed by atoms with E-state index in [-0.39, 0.29) is 24.8 Å². The first-order valence-corrected chi connectivity index (χ1v) is 6.76. The molecule has 0 bridgehead atoms. The molecule has 21 heavy (non-hydrogen) atoms. The van der Waals surface area contributed by atoms with Gasteiger partial charge in [-0.3, -0.25) is 9.59 Å². The minimum Gasteiger partial charge on any atom is -0.481 e. The maximum Gasteiger partial charge on any atom is 0.303 e.